The van der Waals surface area contributed by atoms with E-state index in [1.54, 1.807) is 4.90 Å². The summed E-state index contributed by atoms with van der Waals surface area (Å²) < 4.78 is 24.9. The fraction of sp³-hybridized carbons (Fsp3) is 0.704. The average Bonchev–Trinajstić information content (AvgIpc) is 3.56. The lowest BCUT2D eigenvalue weighted by Gasteiger charge is -2.35. The number of piperidine rings is 1. The molecule has 0 aromatic heterocycles. The Morgan fingerprint density at radius 2 is 1.89 bits per heavy atom. The van der Waals surface area contributed by atoms with E-state index in [-0.39, 0.29) is 30.3 Å². The maximum atomic E-state index is 12.5. The van der Waals surface area contributed by atoms with Crippen molar-refractivity contribution in [2.45, 2.75) is 88.6 Å². The number of nitrogens with one attached hydrogen (secondary N) is 1. The van der Waals surface area contributed by atoms with E-state index in [9.17, 15) is 10.1 Å². The largest absolute Gasteiger partial charge is 0.345 e. The summed E-state index contributed by atoms with van der Waals surface area (Å²) in [7, 11) is 0. The summed E-state index contributed by atoms with van der Waals surface area (Å²) in [5, 5.41) is 12.6. The second kappa shape index (κ2) is 11.1. The number of benzene rings is 1. The molecule has 1 amide bonds. The van der Waals surface area contributed by atoms with Crippen LogP contribution in [0.15, 0.2) is 30.3 Å². The van der Waals surface area contributed by atoms with E-state index < -0.39 is 12.1 Å². The third-order valence-corrected chi connectivity index (χ3v) is 7.65. The van der Waals surface area contributed by atoms with Gasteiger partial charge in [-0.3, -0.25) is 4.79 Å². The number of amides is 1. The molecule has 5 rings (SSSR count). The molecular formula is C27H38N4O5. The van der Waals surface area contributed by atoms with Crippen molar-refractivity contribution in [3.8, 4) is 6.07 Å². The summed E-state index contributed by atoms with van der Waals surface area (Å²) in [6.45, 7) is 7.95. The molecule has 0 spiro atoms. The van der Waals surface area contributed by atoms with Crippen molar-refractivity contribution in [3.05, 3.63) is 35.9 Å². The summed E-state index contributed by atoms with van der Waals surface area (Å²) in [5.41, 5.74) is 1.10. The smallest absolute Gasteiger partial charge is 0.237 e. The summed E-state index contributed by atoms with van der Waals surface area (Å²) >= 11 is 0. The fourth-order valence-electron chi connectivity index (χ4n) is 5.78. The number of hydrogen-bond donors (Lipinski definition) is 1. The summed E-state index contributed by atoms with van der Waals surface area (Å²) in [6, 6.07) is 12.4. The van der Waals surface area contributed by atoms with Crippen molar-refractivity contribution in [2.75, 3.05) is 32.7 Å². The molecule has 4 aliphatic rings. The third kappa shape index (κ3) is 5.91. The van der Waals surface area contributed by atoms with Crippen LogP contribution in [0.5, 0.6) is 0 Å². The molecule has 196 valence electrons. The van der Waals surface area contributed by atoms with Crippen LogP contribution in [0.3, 0.4) is 0 Å². The molecule has 5 atom stereocenters. The van der Waals surface area contributed by atoms with Crippen LogP contribution < -0.4 is 5.32 Å². The quantitative estimate of drug-likeness (QED) is 0.582. The van der Waals surface area contributed by atoms with E-state index in [1.165, 1.54) is 0 Å². The number of carbonyl (C=O) groups is 1. The molecule has 9 heteroatoms. The van der Waals surface area contributed by atoms with E-state index in [1.807, 2.05) is 44.2 Å². The zero-order chi connectivity index (χ0) is 25.1. The minimum Gasteiger partial charge on any atom is -0.345 e. The van der Waals surface area contributed by atoms with Gasteiger partial charge in [-0.15, -0.1) is 0 Å². The highest BCUT2D eigenvalue weighted by Gasteiger charge is 2.56. The van der Waals surface area contributed by atoms with Gasteiger partial charge < -0.3 is 34.1 Å². The van der Waals surface area contributed by atoms with Gasteiger partial charge in [0.15, 0.2) is 12.1 Å². The molecule has 4 fully saturated rings. The topological polar surface area (TPSA) is 96.3 Å². The normalized spacial score (nSPS) is 32.5. The van der Waals surface area contributed by atoms with Crippen molar-refractivity contribution in [2.24, 2.45) is 0 Å². The van der Waals surface area contributed by atoms with Crippen molar-refractivity contribution in [3.63, 3.8) is 0 Å². The number of likely N-dealkylation sites (tertiary alicyclic amines) is 2. The number of rotatable bonds is 8. The van der Waals surface area contributed by atoms with Crippen LogP contribution in [0.2, 0.25) is 0 Å². The van der Waals surface area contributed by atoms with Gasteiger partial charge in [-0.25, -0.2) is 0 Å². The molecule has 4 aliphatic heterocycles. The van der Waals surface area contributed by atoms with Gasteiger partial charge in [0, 0.05) is 19.1 Å². The van der Waals surface area contributed by atoms with Crippen LogP contribution >= 0.6 is 0 Å². The van der Waals surface area contributed by atoms with Crippen molar-refractivity contribution >= 4 is 5.91 Å². The highest BCUT2D eigenvalue weighted by atomic mass is 16.8. The highest BCUT2D eigenvalue weighted by Crippen LogP contribution is 2.39. The first kappa shape index (κ1) is 25.6. The predicted octanol–water partition coefficient (Wildman–Crippen LogP) is 2.02. The standard InChI is InChI=1S/C27H38N4O5/c1-27(2)35-24-22(34-26(25(24)36-27)33-18-19-7-4-3-5-8-19)17-30-13-10-20(11-14-30)29-16-23(32)31-12-6-9-21(31)15-28/h3-5,7-8,20-22,24-26,29H,6,9-14,16-18H2,1-2H3/t21-,22+,24+,25+,26+/m0/s1. The molecule has 1 aromatic carbocycles. The van der Waals surface area contributed by atoms with E-state index in [0.29, 0.717) is 25.7 Å². The van der Waals surface area contributed by atoms with Crippen molar-refractivity contribution in [1.29, 1.82) is 5.26 Å². The van der Waals surface area contributed by atoms with Crippen LogP contribution in [0.25, 0.3) is 0 Å². The van der Waals surface area contributed by atoms with Gasteiger partial charge in [-0.05, 0) is 58.2 Å². The van der Waals surface area contributed by atoms with Gasteiger partial charge in [-0.1, -0.05) is 30.3 Å². The Bertz CT molecular complexity index is 930. The molecule has 9 nitrogen and oxygen atoms in total. The molecule has 0 unspecified atom stereocenters. The molecule has 0 saturated carbocycles. The molecule has 0 aliphatic carbocycles. The third-order valence-electron chi connectivity index (χ3n) is 7.65. The van der Waals surface area contributed by atoms with Crippen LogP contribution in [0.4, 0.5) is 0 Å². The Labute approximate surface area is 213 Å². The molecule has 4 saturated heterocycles. The van der Waals surface area contributed by atoms with E-state index in [2.05, 4.69) is 16.3 Å². The highest BCUT2D eigenvalue weighted by molar-refractivity contribution is 5.79. The SMILES string of the molecule is CC1(C)O[C@H]2[C@H](OCc3ccccc3)O[C@H](CN3CCC(NCC(=O)N4CCC[C@H]4C#N)CC3)[C@H]2O1. The van der Waals surface area contributed by atoms with Crippen molar-refractivity contribution < 1.29 is 23.7 Å². The number of fused-ring (bicyclic) bond motifs is 1. The average molecular weight is 499 g/mol. The molecule has 1 aromatic rings. The first-order valence-electron chi connectivity index (χ1n) is 13.2. The number of hydrogen-bond acceptors (Lipinski definition) is 8. The second-order valence-corrected chi connectivity index (χ2v) is 10.7. The molecule has 0 radical (unpaired) electrons. The molecule has 4 heterocycles. The number of nitrogens with zero attached hydrogens (tertiary/aromatic N) is 3. The van der Waals surface area contributed by atoms with Gasteiger partial charge in [0.25, 0.3) is 0 Å². The Morgan fingerprint density at radius 1 is 1.14 bits per heavy atom. The monoisotopic (exact) mass is 498 g/mol. The fourth-order valence-corrected chi connectivity index (χ4v) is 5.78. The van der Waals surface area contributed by atoms with E-state index in [0.717, 1.165) is 50.9 Å². The number of nitriles is 1. The minimum atomic E-state index is -0.658. The maximum absolute atomic E-state index is 12.5. The zero-order valence-electron chi connectivity index (χ0n) is 21.3. The summed E-state index contributed by atoms with van der Waals surface area (Å²) in [5.74, 6) is -0.621. The molecule has 0 bridgehead atoms. The van der Waals surface area contributed by atoms with Crippen molar-refractivity contribution in [1.82, 2.24) is 15.1 Å². The first-order chi connectivity index (χ1) is 17.4. The second-order valence-electron chi connectivity index (χ2n) is 10.7. The molecular weight excluding hydrogens is 460 g/mol. The van der Waals surface area contributed by atoms with Gasteiger partial charge in [0.1, 0.15) is 24.4 Å². The van der Waals surface area contributed by atoms with Gasteiger partial charge in [0.05, 0.1) is 19.2 Å². The Hall–Kier alpha value is -2.06. The lowest BCUT2D eigenvalue weighted by Crippen LogP contribution is -2.49. The van der Waals surface area contributed by atoms with Crippen LogP contribution in [-0.4, -0.2) is 90.9 Å². The van der Waals surface area contributed by atoms with E-state index >= 15 is 0 Å². The lowest BCUT2D eigenvalue weighted by atomic mass is 10.0. The Balaban J connectivity index is 1.09. The van der Waals surface area contributed by atoms with Gasteiger partial charge in [0.2, 0.25) is 5.91 Å². The van der Waals surface area contributed by atoms with Crippen LogP contribution in [0.1, 0.15) is 45.1 Å². The summed E-state index contributed by atoms with van der Waals surface area (Å²) in [4.78, 5) is 16.7. The minimum absolute atomic E-state index is 0.0365. The summed E-state index contributed by atoms with van der Waals surface area (Å²) in [6.07, 6.45) is 2.63. The molecule has 36 heavy (non-hydrogen) atoms. The number of ether oxygens (including phenoxy) is 4. The van der Waals surface area contributed by atoms with Crippen LogP contribution in [0, 0.1) is 11.3 Å². The Morgan fingerprint density at radius 3 is 2.64 bits per heavy atom. The maximum Gasteiger partial charge on any atom is 0.237 e. The van der Waals surface area contributed by atoms with E-state index in [4.69, 9.17) is 18.9 Å². The molecule has 1 N–H and O–H groups in total. The Kier molecular flexibility index (Phi) is 7.91. The first-order valence-corrected chi connectivity index (χ1v) is 13.2. The van der Waals surface area contributed by atoms with Crippen LogP contribution in [-0.2, 0) is 30.3 Å². The zero-order valence-corrected chi connectivity index (χ0v) is 21.3. The van der Waals surface area contributed by atoms with Gasteiger partial charge >= 0.3 is 0 Å². The lowest BCUT2D eigenvalue weighted by molar-refractivity contribution is -0.237. The number of carbonyl (C=O) groups excluding carboxylic acids is 1. The predicted molar refractivity (Wildman–Crippen MR) is 132 cm³/mol. The van der Waals surface area contributed by atoms with Gasteiger partial charge in [-0.2, -0.15) is 5.26 Å².